The number of carbonyl (C=O) groups is 5. The van der Waals surface area contributed by atoms with Crippen molar-refractivity contribution in [1.82, 2.24) is 0 Å². The second-order valence-corrected chi connectivity index (χ2v) is 16.6. The fraction of sp³-hybridized carbons (Fsp3) is 0.605. The van der Waals surface area contributed by atoms with Crippen molar-refractivity contribution in [2.45, 2.75) is 109 Å². The third-order valence-electron chi connectivity index (χ3n) is 10.4. The Morgan fingerprint density at radius 2 is 0.792 bits per heavy atom. The van der Waals surface area contributed by atoms with Crippen LogP contribution >= 0.6 is 0 Å². The minimum Gasteiger partial charge on any atom is -0.511 e. The largest absolute Gasteiger partial charge is 0.511 e. The van der Waals surface area contributed by atoms with Crippen LogP contribution in [0.15, 0.2) is 22.7 Å². The summed E-state index contributed by atoms with van der Waals surface area (Å²) in [4.78, 5) is 68.7. The van der Waals surface area contributed by atoms with E-state index in [1.807, 2.05) is 0 Å². The zero-order chi connectivity index (χ0) is 37.5. The number of phenols is 3. The number of Topliss-reactive ketones (excluding diaryl/α,β-unsaturated/α-hetero) is 5. The normalized spacial score (nSPS) is 21.9. The molecule has 10 heteroatoms. The van der Waals surface area contributed by atoms with Crippen LogP contribution in [-0.2, 0) is 19.2 Å². The molecule has 0 aromatic heterocycles. The van der Waals surface area contributed by atoms with Gasteiger partial charge in [0.15, 0.2) is 28.9 Å². The first kappa shape index (κ1) is 38.5. The Kier molecular flexibility index (Phi) is 9.53. The lowest BCUT2D eigenvalue weighted by atomic mass is 9.59. The molecule has 0 radical (unpaired) electrons. The van der Waals surface area contributed by atoms with Crippen molar-refractivity contribution in [2.24, 2.45) is 39.4 Å². The van der Waals surface area contributed by atoms with Crippen LogP contribution in [0.2, 0.25) is 0 Å². The molecule has 3 rings (SSSR count). The number of hydrogen-bond acceptors (Lipinski definition) is 10. The van der Waals surface area contributed by atoms with E-state index < -0.39 is 114 Å². The van der Waals surface area contributed by atoms with E-state index in [1.165, 1.54) is 55.4 Å². The van der Waals surface area contributed by atoms with E-state index in [1.54, 1.807) is 41.5 Å². The lowest BCUT2D eigenvalue weighted by Gasteiger charge is -2.42. The molecule has 0 aliphatic heterocycles. The number of hydrogen-bond donors (Lipinski definition) is 5. The maximum Gasteiger partial charge on any atom is 0.175 e. The molecule has 2 unspecified atom stereocenters. The van der Waals surface area contributed by atoms with Crippen LogP contribution < -0.4 is 0 Å². The van der Waals surface area contributed by atoms with E-state index >= 15 is 0 Å². The van der Waals surface area contributed by atoms with Crippen molar-refractivity contribution in [1.29, 1.82) is 0 Å². The Balaban J connectivity index is 2.68. The maximum absolute atomic E-state index is 14.1. The molecule has 2 aliphatic rings. The van der Waals surface area contributed by atoms with E-state index in [2.05, 4.69) is 0 Å². The highest BCUT2D eigenvalue weighted by Crippen LogP contribution is 2.58. The van der Waals surface area contributed by atoms with Gasteiger partial charge in [-0.25, -0.2) is 0 Å². The number of rotatable bonds is 8. The summed E-state index contributed by atoms with van der Waals surface area (Å²) < 4.78 is 0. The SMILES string of the molecule is CC(C)C(=O)c1c(O)c(C(C2=C(O)C(C)(C)C(=O)C(C)(C)C2=O)C(C)C)c(O)c(C(C2=C(O)C(C)(C)C(=O)C(C)(C)C2=O)C(C)C)c1O. The smallest absolute Gasteiger partial charge is 0.175 e. The Bertz CT molecular complexity index is 1580. The third kappa shape index (κ3) is 5.26. The van der Waals surface area contributed by atoms with Crippen LogP contribution in [0.5, 0.6) is 17.2 Å². The second-order valence-electron chi connectivity index (χ2n) is 16.6. The van der Waals surface area contributed by atoms with Crippen LogP contribution in [0.25, 0.3) is 0 Å². The van der Waals surface area contributed by atoms with Gasteiger partial charge in [0.25, 0.3) is 0 Å². The molecular weight excluding hydrogens is 616 g/mol. The van der Waals surface area contributed by atoms with Crippen molar-refractivity contribution >= 4 is 28.9 Å². The monoisotopic (exact) mass is 668 g/mol. The van der Waals surface area contributed by atoms with E-state index in [0.29, 0.717) is 0 Å². The highest BCUT2D eigenvalue weighted by molar-refractivity contribution is 6.20. The summed E-state index contributed by atoms with van der Waals surface area (Å²) in [6.45, 7) is 21.3. The van der Waals surface area contributed by atoms with Crippen LogP contribution in [0.4, 0.5) is 0 Å². The van der Waals surface area contributed by atoms with E-state index in [0.717, 1.165) is 0 Å². The molecule has 48 heavy (non-hydrogen) atoms. The van der Waals surface area contributed by atoms with Gasteiger partial charge in [-0.3, -0.25) is 24.0 Å². The van der Waals surface area contributed by atoms with Crippen LogP contribution in [0.3, 0.4) is 0 Å². The zero-order valence-electron chi connectivity index (χ0n) is 30.7. The summed E-state index contributed by atoms with van der Waals surface area (Å²) in [5.41, 5.74) is -8.04. The predicted octanol–water partition coefficient (Wildman–Crippen LogP) is 7.15. The van der Waals surface area contributed by atoms with Gasteiger partial charge >= 0.3 is 0 Å². The summed E-state index contributed by atoms with van der Waals surface area (Å²) in [6.07, 6.45) is 0. The van der Waals surface area contributed by atoms with Crippen molar-refractivity contribution in [3.63, 3.8) is 0 Å². The molecule has 0 saturated carbocycles. The minimum atomic E-state index is -1.60. The van der Waals surface area contributed by atoms with Gasteiger partial charge in [-0.2, -0.15) is 0 Å². The van der Waals surface area contributed by atoms with E-state index in [9.17, 15) is 49.5 Å². The standard InChI is InChI=1S/C38H52O10/c1-15(2)18(22-29(43)35(7,8)33(47)36(9,10)30(22)44)20-26(40)21(28(42)24(27(20)41)25(39)17(5)6)19(16(3)4)23-31(45)37(11,12)34(48)38(13,14)32(23)46/h15-19,40-43,45H,1-14H3. The molecule has 10 nitrogen and oxygen atoms in total. The lowest BCUT2D eigenvalue weighted by Crippen LogP contribution is -2.50. The fourth-order valence-electron chi connectivity index (χ4n) is 7.61. The Morgan fingerprint density at radius 1 is 0.500 bits per heavy atom. The molecule has 0 saturated heterocycles. The fourth-order valence-corrected chi connectivity index (χ4v) is 7.61. The van der Waals surface area contributed by atoms with Gasteiger partial charge in [-0.1, -0.05) is 41.5 Å². The quantitative estimate of drug-likeness (QED) is 0.141. The van der Waals surface area contributed by atoms with Gasteiger partial charge in [-0.05, 0) is 67.2 Å². The van der Waals surface area contributed by atoms with Crippen molar-refractivity contribution < 1.29 is 49.5 Å². The van der Waals surface area contributed by atoms with Crippen LogP contribution in [0.1, 0.15) is 130 Å². The van der Waals surface area contributed by atoms with Crippen molar-refractivity contribution in [3.8, 4) is 17.2 Å². The average Bonchev–Trinajstić information content (AvgIpc) is 2.96. The van der Waals surface area contributed by atoms with Crippen molar-refractivity contribution in [2.75, 3.05) is 0 Å². The number of aromatic hydroxyl groups is 3. The molecule has 1 aromatic carbocycles. The summed E-state index contributed by atoms with van der Waals surface area (Å²) in [6, 6.07) is 0. The molecule has 0 amide bonds. The molecule has 0 fully saturated rings. The van der Waals surface area contributed by atoms with Gasteiger partial charge in [0, 0.05) is 40.0 Å². The number of carbonyl (C=O) groups excluding carboxylic acids is 5. The molecule has 0 bridgehead atoms. The number of ketones is 5. The molecular formula is C38H52O10. The second kappa shape index (κ2) is 11.9. The number of aliphatic hydroxyl groups is 2. The predicted molar refractivity (Wildman–Crippen MR) is 180 cm³/mol. The average molecular weight is 669 g/mol. The van der Waals surface area contributed by atoms with Gasteiger partial charge in [0.2, 0.25) is 0 Å². The Labute approximate surface area is 282 Å². The number of phenolic OH excluding ortho intramolecular Hbond substituents is 3. The summed E-state index contributed by atoms with van der Waals surface area (Å²) in [7, 11) is 0. The molecule has 1 aromatic rings. The Hall–Kier alpha value is -3.95. The van der Waals surface area contributed by atoms with E-state index in [-0.39, 0.29) is 22.3 Å². The zero-order valence-corrected chi connectivity index (χ0v) is 30.7. The highest BCUT2D eigenvalue weighted by Gasteiger charge is 2.57. The van der Waals surface area contributed by atoms with Crippen molar-refractivity contribution in [3.05, 3.63) is 39.4 Å². The van der Waals surface area contributed by atoms with Gasteiger partial charge < -0.3 is 25.5 Å². The summed E-state index contributed by atoms with van der Waals surface area (Å²) >= 11 is 0. The van der Waals surface area contributed by atoms with Gasteiger partial charge in [0.1, 0.15) is 34.3 Å². The molecule has 2 aliphatic carbocycles. The third-order valence-corrected chi connectivity index (χ3v) is 10.4. The number of benzene rings is 1. The van der Waals surface area contributed by atoms with Gasteiger partial charge in [-0.15, -0.1) is 0 Å². The first-order valence-corrected chi connectivity index (χ1v) is 16.5. The van der Waals surface area contributed by atoms with Crippen LogP contribution in [0, 0.1) is 39.4 Å². The topological polar surface area (TPSA) is 186 Å². The number of allylic oxidation sites excluding steroid dienone is 4. The van der Waals surface area contributed by atoms with E-state index in [4.69, 9.17) is 0 Å². The highest BCUT2D eigenvalue weighted by atomic mass is 16.3. The minimum absolute atomic E-state index is 0.241. The summed E-state index contributed by atoms with van der Waals surface area (Å²) in [5, 5.41) is 59.2. The van der Waals surface area contributed by atoms with Gasteiger partial charge in [0.05, 0.1) is 21.7 Å². The Morgan fingerprint density at radius 3 is 1.04 bits per heavy atom. The van der Waals surface area contributed by atoms with Crippen LogP contribution in [-0.4, -0.2) is 54.4 Å². The molecule has 0 spiro atoms. The summed E-state index contributed by atoms with van der Waals surface area (Å²) in [5.74, 6) is -11.5. The molecule has 5 N–H and O–H groups in total. The molecule has 2 atom stereocenters. The molecule has 0 heterocycles. The molecule has 264 valence electrons. The lowest BCUT2D eigenvalue weighted by molar-refractivity contribution is -0.146. The number of aliphatic hydroxyl groups excluding tert-OH is 2. The first-order chi connectivity index (χ1) is 21.5. The maximum atomic E-state index is 14.1. The first-order valence-electron chi connectivity index (χ1n) is 16.5.